The molecule has 0 atom stereocenters. The van der Waals surface area contributed by atoms with Gasteiger partial charge in [0, 0.05) is 13.6 Å². The average molecular weight is 225 g/mol. The summed E-state index contributed by atoms with van der Waals surface area (Å²) in [4.78, 5) is 6.53. The molecule has 2 rings (SSSR count). The Kier molecular flexibility index (Phi) is 1.89. The molecule has 0 spiro atoms. The third-order valence-electron chi connectivity index (χ3n) is 1.93. The van der Waals surface area contributed by atoms with Crippen molar-refractivity contribution >= 4 is 27.7 Å². The van der Waals surface area contributed by atoms with Crippen LogP contribution < -0.4 is 4.90 Å². The molecule has 0 fully saturated rings. The summed E-state index contributed by atoms with van der Waals surface area (Å²) in [6.07, 6.45) is 4.17. The van der Waals surface area contributed by atoms with Crippen LogP contribution in [0.5, 0.6) is 0 Å². The van der Waals surface area contributed by atoms with Gasteiger partial charge in [-0.25, -0.2) is 4.98 Å². The summed E-state index contributed by atoms with van der Waals surface area (Å²) in [6.45, 7) is 0.969. The number of likely N-dealkylation sites (N-methyl/N-ethyl adjacent to an activating group) is 1. The number of halogens is 1. The number of pyridine rings is 1. The fourth-order valence-electron chi connectivity index (χ4n) is 1.31. The van der Waals surface area contributed by atoms with Crippen molar-refractivity contribution in [2.75, 3.05) is 18.5 Å². The number of hydrogen-bond donors (Lipinski definition) is 0. The number of hydrogen-bond acceptors (Lipinski definition) is 2. The first kappa shape index (κ1) is 7.80. The van der Waals surface area contributed by atoms with E-state index in [1.165, 1.54) is 5.69 Å². The molecule has 0 saturated carbocycles. The van der Waals surface area contributed by atoms with Gasteiger partial charge in [-0.3, -0.25) is 0 Å². The van der Waals surface area contributed by atoms with Gasteiger partial charge in [0.25, 0.3) is 0 Å². The second kappa shape index (κ2) is 2.90. The van der Waals surface area contributed by atoms with Gasteiger partial charge in [-0.2, -0.15) is 0 Å². The van der Waals surface area contributed by atoms with E-state index in [1.54, 1.807) is 0 Å². The standard InChI is InChI=1S/C9H9BrN2/c1-12-6-2-3-7-8(12)4-5-9(10)11-7/h2-5H,6H2,1H3. The van der Waals surface area contributed by atoms with Gasteiger partial charge in [0.05, 0.1) is 11.4 Å². The summed E-state index contributed by atoms with van der Waals surface area (Å²) < 4.78 is 0.890. The van der Waals surface area contributed by atoms with Crippen LogP contribution in [0.25, 0.3) is 6.08 Å². The van der Waals surface area contributed by atoms with Gasteiger partial charge in [0.1, 0.15) is 4.60 Å². The summed E-state index contributed by atoms with van der Waals surface area (Å²) in [6, 6.07) is 4.05. The van der Waals surface area contributed by atoms with Crippen LogP contribution in [0.2, 0.25) is 0 Å². The lowest BCUT2D eigenvalue weighted by Gasteiger charge is -2.22. The van der Waals surface area contributed by atoms with E-state index in [4.69, 9.17) is 0 Å². The van der Waals surface area contributed by atoms with Crippen molar-refractivity contribution in [2.45, 2.75) is 0 Å². The van der Waals surface area contributed by atoms with Gasteiger partial charge in [0.15, 0.2) is 0 Å². The molecule has 0 unspecified atom stereocenters. The maximum Gasteiger partial charge on any atom is 0.106 e. The van der Waals surface area contributed by atoms with Gasteiger partial charge in [-0.1, -0.05) is 6.08 Å². The highest BCUT2D eigenvalue weighted by Crippen LogP contribution is 2.24. The van der Waals surface area contributed by atoms with Crippen molar-refractivity contribution in [3.63, 3.8) is 0 Å². The minimum Gasteiger partial charge on any atom is -0.369 e. The molecule has 0 N–H and O–H groups in total. The Labute approximate surface area is 80.0 Å². The lowest BCUT2D eigenvalue weighted by molar-refractivity contribution is 0.999. The first-order valence-corrected chi connectivity index (χ1v) is 4.61. The Morgan fingerprint density at radius 3 is 3.17 bits per heavy atom. The SMILES string of the molecule is CN1CC=Cc2nc(Br)ccc21. The van der Waals surface area contributed by atoms with E-state index in [0.29, 0.717) is 0 Å². The van der Waals surface area contributed by atoms with Crippen LogP contribution in [-0.4, -0.2) is 18.6 Å². The number of nitrogens with zero attached hydrogens (tertiary/aromatic N) is 2. The Morgan fingerprint density at radius 2 is 2.33 bits per heavy atom. The first-order chi connectivity index (χ1) is 5.77. The molecule has 0 radical (unpaired) electrons. The van der Waals surface area contributed by atoms with E-state index in [1.807, 2.05) is 6.07 Å². The van der Waals surface area contributed by atoms with Gasteiger partial charge in [-0.15, -0.1) is 0 Å². The van der Waals surface area contributed by atoms with Crippen molar-refractivity contribution in [1.29, 1.82) is 0 Å². The van der Waals surface area contributed by atoms with Gasteiger partial charge in [0.2, 0.25) is 0 Å². The quantitative estimate of drug-likeness (QED) is 0.630. The van der Waals surface area contributed by atoms with Crippen molar-refractivity contribution < 1.29 is 0 Å². The lowest BCUT2D eigenvalue weighted by atomic mass is 10.2. The van der Waals surface area contributed by atoms with Crippen LogP contribution >= 0.6 is 15.9 Å². The fraction of sp³-hybridized carbons (Fsp3) is 0.222. The Balaban J connectivity index is 2.55. The van der Waals surface area contributed by atoms with Crippen LogP contribution in [0.1, 0.15) is 5.69 Å². The lowest BCUT2D eigenvalue weighted by Crippen LogP contribution is -2.20. The third-order valence-corrected chi connectivity index (χ3v) is 2.38. The van der Waals surface area contributed by atoms with Gasteiger partial charge in [-0.05, 0) is 34.1 Å². The Bertz CT molecular complexity index is 333. The van der Waals surface area contributed by atoms with E-state index in [9.17, 15) is 0 Å². The van der Waals surface area contributed by atoms with Crippen LogP contribution in [0.15, 0.2) is 22.8 Å². The molecule has 0 amide bonds. The predicted molar refractivity (Wildman–Crippen MR) is 54.2 cm³/mol. The van der Waals surface area contributed by atoms with E-state index >= 15 is 0 Å². The summed E-state index contributed by atoms with van der Waals surface area (Å²) in [5.74, 6) is 0. The summed E-state index contributed by atoms with van der Waals surface area (Å²) in [7, 11) is 2.07. The van der Waals surface area contributed by atoms with Crippen molar-refractivity contribution in [1.82, 2.24) is 4.98 Å². The molecule has 3 heteroatoms. The van der Waals surface area contributed by atoms with Crippen LogP contribution in [0.4, 0.5) is 5.69 Å². The van der Waals surface area contributed by atoms with E-state index in [0.717, 1.165) is 16.8 Å². The highest BCUT2D eigenvalue weighted by atomic mass is 79.9. The van der Waals surface area contributed by atoms with Crippen LogP contribution in [-0.2, 0) is 0 Å². The van der Waals surface area contributed by atoms with Crippen molar-refractivity contribution in [3.8, 4) is 0 Å². The third kappa shape index (κ3) is 1.25. The van der Waals surface area contributed by atoms with Crippen LogP contribution in [0, 0.1) is 0 Å². The molecule has 1 aliphatic rings. The molecule has 0 saturated heterocycles. The molecule has 0 aliphatic carbocycles. The zero-order valence-corrected chi connectivity index (χ0v) is 8.37. The highest BCUT2D eigenvalue weighted by Gasteiger charge is 2.09. The first-order valence-electron chi connectivity index (χ1n) is 3.81. The van der Waals surface area contributed by atoms with Crippen LogP contribution in [0.3, 0.4) is 0 Å². The maximum atomic E-state index is 4.35. The Hall–Kier alpha value is -0.830. The second-order valence-electron chi connectivity index (χ2n) is 2.82. The molecule has 0 bridgehead atoms. The monoisotopic (exact) mass is 224 g/mol. The molecule has 1 aromatic heterocycles. The maximum absolute atomic E-state index is 4.35. The summed E-state index contributed by atoms with van der Waals surface area (Å²) in [5.41, 5.74) is 2.24. The van der Waals surface area contributed by atoms with E-state index in [-0.39, 0.29) is 0 Å². The molecule has 0 aromatic carbocycles. The Morgan fingerprint density at radius 1 is 1.50 bits per heavy atom. The molecule has 2 nitrogen and oxygen atoms in total. The fourth-order valence-corrected chi connectivity index (χ4v) is 1.63. The number of fused-ring (bicyclic) bond motifs is 1. The smallest absolute Gasteiger partial charge is 0.106 e. The molecule has 1 aromatic rings. The summed E-state index contributed by atoms with van der Waals surface area (Å²) >= 11 is 3.35. The molecular weight excluding hydrogens is 216 g/mol. The summed E-state index contributed by atoms with van der Waals surface area (Å²) in [5, 5.41) is 0. The van der Waals surface area contributed by atoms with Crippen molar-refractivity contribution in [2.24, 2.45) is 0 Å². The average Bonchev–Trinajstić information content (AvgIpc) is 2.04. The van der Waals surface area contributed by atoms with E-state index < -0.39 is 0 Å². The van der Waals surface area contributed by atoms with Gasteiger partial charge < -0.3 is 4.90 Å². The highest BCUT2D eigenvalue weighted by molar-refractivity contribution is 9.10. The second-order valence-corrected chi connectivity index (χ2v) is 3.63. The largest absolute Gasteiger partial charge is 0.369 e. The van der Waals surface area contributed by atoms with Crippen molar-refractivity contribution in [3.05, 3.63) is 28.5 Å². The topological polar surface area (TPSA) is 16.1 Å². The minimum atomic E-state index is 0.890. The number of aromatic nitrogens is 1. The minimum absolute atomic E-state index is 0.890. The zero-order chi connectivity index (χ0) is 8.55. The molecular formula is C9H9BrN2. The molecule has 62 valence electrons. The van der Waals surface area contributed by atoms with E-state index in [2.05, 4.69) is 51.1 Å². The van der Waals surface area contributed by atoms with Gasteiger partial charge >= 0.3 is 0 Å². The zero-order valence-electron chi connectivity index (χ0n) is 6.79. The molecule has 12 heavy (non-hydrogen) atoms. The predicted octanol–water partition coefficient (Wildman–Crippen LogP) is 2.31. The number of anilines is 1. The normalized spacial score (nSPS) is 14.7. The molecule has 1 aliphatic heterocycles. The number of rotatable bonds is 0. The molecule has 2 heterocycles.